The predicted molar refractivity (Wildman–Crippen MR) is 118 cm³/mol. The van der Waals surface area contributed by atoms with Gasteiger partial charge < -0.3 is 10.6 Å². The van der Waals surface area contributed by atoms with E-state index >= 15 is 0 Å². The zero-order valence-electron chi connectivity index (χ0n) is 16.5. The van der Waals surface area contributed by atoms with E-state index in [0.29, 0.717) is 25.0 Å². The fourth-order valence-corrected chi connectivity index (χ4v) is 3.07. The summed E-state index contributed by atoms with van der Waals surface area (Å²) < 4.78 is 1.35. The van der Waals surface area contributed by atoms with Crippen molar-refractivity contribution in [2.75, 3.05) is 10.6 Å². The topological polar surface area (TPSA) is 71.8 Å². The number of carbonyl (C=O) groups excluding carboxylic acids is 1. The van der Waals surface area contributed by atoms with Gasteiger partial charge in [0, 0.05) is 13.1 Å². The summed E-state index contributed by atoms with van der Waals surface area (Å²) >= 11 is 0. The maximum Gasteiger partial charge on any atom is 0.254 e. The summed E-state index contributed by atoms with van der Waals surface area (Å²) in [5.41, 5.74) is 3.15. The Morgan fingerprint density at radius 1 is 0.700 bits per heavy atom. The van der Waals surface area contributed by atoms with Crippen molar-refractivity contribution in [3.8, 4) is 0 Å². The molecular formula is C24H23N5O. The summed E-state index contributed by atoms with van der Waals surface area (Å²) in [6.45, 7) is 1.13. The molecular weight excluding hydrogens is 374 g/mol. The molecule has 1 heterocycles. The maximum absolute atomic E-state index is 12.9. The van der Waals surface area contributed by atoms with E-state index in [0.717, 1.165) is 16.7 Å². The third-order valence-corrected chi connectivity index (χ3v) is 4.63. The highest BCUT2D eigenvalue weighted by Crippen LogP contribution is 2.14. The van der Waals surface area contributed by atoms with Crippen molar-refractivity contribution >= 4 is 17.8 Å². The highest BCUT2D eigenvalue weighted by Gasteiger charge is 2.16. The normalized spacial score (nSPS) is 10.5. The molecule has 4 rings (SSSR count). The number of aromatic nitrogens is 3. The van der Waals surface area contributed by atoms with Crippen LogP contribution in [0.3, 0.4) is 0 Å². The molecule has 4 aromatic rings. The number of hydrogen-bond acceptors (Lipinski definition) is 5. The van der Waals surface area contributed by atoms with E-state index in [9.17, 15) is 4.79 Å². The Labute approximate surface area is 175 Å². The zero-order chi connectivity index (χ0) is 20.6. The average molecular weight is 397 g/mol. The van der Waals surface area contributed by atoms with Crippen molar-refractivity contribution in [3.05, 3.63) is 108 Å². The van der Waals surface area contributed by atoms with E-state index in [1.165, 1.54) is 4.68 Å². The lowest BCUT2D eigenvalue weighted by molar-refractivity contribution is 0.0901. The van der Waals surface area contributed by atoms with Gasteiger partial charge in [-0.3, -0.25) is 4.79 Å². The third-order valence-electron chi connectivity index (χ3n) is 4.63. The van der Waals surface area contributed by atoms with Crippen molar-refractivity contribution in [3.63, 3.8) is 0 Å². The molecule has 0 aliphatic rings. The van der Waals surface area contributed by atoms with Crippen molar-refractivity contribution in [1.29, 1.82) is 0 Å². The molecule has 0 aliphatic heterocycles. The molecule has 0 saturated carbocycles. The van der Waals surface area contributed by atoms with Crippen molar-refractivity contribution in [2.45, 2.75) is 19.5 Å². The molecule has 0 atom stereocenters. The summed E-state index contributed by atoms with van der Waals surface area (Å²) in [6, 6.07) is 29.6. The molecule has 150 valence electrons. The van der Waals surface area contributed by atoms with Crippen LogP contribution in [0.1, 0.15) is 21.5 Å². The minimum atomic E-state index is -0.142. The largest absolute Gasteiger partial charge is 0.350 e. The van der Waals surface area contributed by atoms with Crippen LogP contribution in [0.15, 0.2) is 91.0 Å². The minimum Gasteiger partial charge on any atom is -0.350 e. The van der Waals surface area contributed by atoms with E-state index < -0.39 is 0 Å². The van der Waals surface area contributed by atoms with Crippen LogP contribution in [-0.4, -0.2) is 20.7 Å². The molecule has 3 aromatic carbocycles. The van der Waals surface area contributed by atoms with E-state index in [1.54, 1.807) is 0 Å². The first-order chi connectivity index (χ1) is 14.8. The Morgan fingerprint density at radius 2 is 1.20 bits per heavy atom. The second-order valence-electron chi connectivity index (χ2n) is 6.91. The Morgan fingerprint density at radius 3 is 1.77 bits per heavy atom. The lowest BCUT2D eigenvalue weighted by Crippen LogP contribution is -2.18. The van der Waals surface area contributed by atoms with Crippen molar-refractivity contribution < 1.29 is 4.79 Å². The number of nitrogens with zero attached hydrogens (tertiary/aromatic N) is 3. The molecule has 0 unspecified atom stereocenters. The van der Waals surface area contributed by atoms with Crippen LogP contribution in [-0.2, 0) is 19.5 Å². The average Bonchev–Trinajstić information content (AvgIpc) is 3.22. The first-order valence-electron chi connectivity index (χ1n) is 9.88. The van der Waals surface area contributed by atoms with Crippen LogP contribution in [0.5, 0.6) is 0 Å². The number of nitrogens with one attached hydrogen (secondary N) is 2. The van der Waals surface area contributed by atoms with Crippen LogP contribution in [0.2, 0.25) is 0 Å². The summed E-state index contributed by atoms with van der Waals surface area (Å²) in [4.78, 5) is 17.4. The molecule has 0 radical (unpaired) electrons. The van der Waals surface area contributed by atoms with Crippen LogP contribution >= 0.6 is 0 Å². The number of hydrogen-bond donors (Lipinski definition) is 2. The molecule has 0 amide bonds. The Balaban J connectivity index is 1.52. The quantitative estimate of drug-likeness (QED) is 0.461. The van der Waals surface area contributed by atoms with Gasteiger partial charge in [-0.05, 0) is 16.7 Å². The van der Waals surface area contributed by atoms with Gasteiger partial charge >= 0.3 is 0 Å². The Bertz CT molecular complexity index is 1080. The predicted octanol–water partition coefficient (Wildman–Crippen LogP) is 4.39. The fraction of sp³-hybridized carbons (Fsp3) is 0.125. The summed E-state index contributed by atoms with van der Waals surface area (Å²) in [5, 5.41) is 10.9. The third kappa shape index (κ3) is 5.11. The molecule has 30 heavy (non-hydrogen) atoms. The number of carbonyl (C=O) groups is 1. The molecule has 1 aromatic heterocycles. The number of benzene rings is 3. The van der Waals surface area contributed by atoms with E-state index in [2.05, 4.69) is 20.7 Å². The van der Waals surface area contributed by atoms with Gasteiger partial charge in [0.15, 0.2) is 0 Å². The molecule has 6 heteroatoms. The highest BCUT2D eigenvalue weighted by molar-refractivity contribution is 5.83. The standard InChI is InChI=1S/C24H23N5O/c30-22(16-19-10-4-1-5-11-19)29-24(26-18-21-14-8-3-9-15-21)27-23(28-29)25-17-20-12-6-2-7-13-20/h1-15H,16-18H2,(H2,25,26,27,28). The van der Waals surface area contributed by atoms with Gasteiger partial charge in [-0.15, -0.1) is 5.10 Å². The molecule has 0 aliphatic carbocycles. The second-order valence-corrected chi connectivity index (χ2v) is 6.91. The molecule has 0 bridgehead atoms. The van der Waals surface area contributed by atoms with E-state index in [4.69, 9.17) is 0 Å². The molecule has 6 nitrogen and oxygen atoms in total. The Hall–Kier alpha value is -3.93. The van der Waals surface area contributed by atoms with Gasteiger partial charge in [-0.25, -0.2) is 0 Å². The molecule has 0 saturated heterocycles. The van der Waals surface area contributed by atoms with Gasteiger partial charge in [0.2, 0.25) is 11.9 Å². The monoisotopic (exact) mass is 397 g/mol. The summed E-state index contributed by atoms with van der Waals surface area (Å²) in [6.07, 6.45) is 0.252. The van der Waals surface area contributed by atoms with Gasteiger partial charge in [-0.1, -0.05) is 91.0 Å². The molecule has 2 N–H and O–H groups in total. The van der Waals surface area contributed by atoms with Gasteiger partial charge in [-0.2, -0.15) is 9.67 Å². The first kappa shape index (κ1) is 19.4. The van der Waals surface area contributed by atoms with Crippen molar-refractivity contribution in [2.24, 2.45) is 0 Å². The van der Waals surface area contributed by atoms with Crippen LogP contribution in [0, 0.1) is 0 Å². The number of rotatable bonds is 8. The zero-order valence-corrected chi connectivity index (χ0v) is 16.5. The number of anilines is 2. The van der Waals surface area contributed by atoms with Gasteiger partial charge in [0.25, 0.3) is 5.91 Å². The molecule has 0 fully saturated rings. The smallest absolute Gasteiger partial charge is 0.254 e. The van der Waals surface area contributed by atoms with Gasteiger partial charge in [0.1, 0.15) is 0 Å². The summed E-state index contributed by atoms with van der Waals surface area (Å²) in [7, 11) is 0. The van der Waals surface area contributed by atoms with E-state index in [-0.39, 0.29) is 12.3 Å². The minimum absolute atomic E-state index is 0.142. The lowest BCUT2D eigenvalue weighted by atomic mass is 10.1. The molecule has 0 spiro atoms. The van der Waals surface area contributed by atoms with Gasteiger partial charge in [0.05, 0.1) is 6.42 Å². The van der Waals surface area contributed by atoms with Crippen molar-refractivity contribution in [1.82, 2.24) is 14.8 Å². The fourth-order valence-electron chi connectivity index (χ4n) is 3.07. The summed E-state index contributed by atoms with van der Waals surface area (Å²) in [5.74, 6) is 0.697. The first-order valence-corrected chi connectivity index (χ1v) is 9.88. The Kier molecular flexibility index (Phi) is 6.15. The van der Waals surface area contributed by atoms with Crippen LogP contribution in [0.25, 0.3) is 0 Å². The highest BCUT2D eigenvalue weighted by atomic mass is 16.2. The maximum atomic E-state index is 12.9. The second kappa shape index (κ2) is 9.52. The van der Waals surface area contributed by atoms with Crippen LogP contribution in [0.4, 0.5) is 11.9 Å². The lowest BCUT2D eigenvalue weighted by Gasteiger charge is -2.07. The van der Waals surface area contributed by atoms with Crippen LogP contribution < -0.4 is 10.6 Å². The van der Waals surface area contributed by atoms with E-state index in [1.807, 2.05) is 91.0 Å². The SMILES string of the molecule is O=C(Cc1ccccc1)n1nc(NCc2ccccc2)nc1NCc1ccccc1.